The second-order valence-electron chi connectivity index (χ2n) is 4.90. The van der Waals surface area contributed by atoms with Crippen LogP contribution in [0.1, 0.15) is 34.3 Å². The van der Waals surface area contributed by atoms with Gasteiger partial charge in [0.1, 0.15) is 4.88 Å². The Hall–Kier alpha value is -1.80. The Morgan fingerprint density at radius 2 is 2.17 bits per heavy atom. The van der Waals surface area contributed by atoms with Gasteiger partial charge in [0, 0.05) is 17.6 Å². The summed E-state index contributed by atoms with van der Waals surface area (Å²) in [4.78, 5) is 25.6. The first-order valence-corrected chi connectivity index (χ1v) is 8.64. The summed E-state index contributed by atoms with van der Waals surface area (Å²) in [5.41, 5.74) is 1.57. The van der Waals surface area contributed by atoms with E-state index < -0.39 is 5.97 Å². The number of aliphatic carboxylic acids is 1. The molecule has 8 heteroatoms. The number of carbonyl (C=O) groups excluding carboxylic acids is 1. The van der Waals surface area contributed by atoms with Crippen LogP contribution in [-0.2, 0) is 17.8 Å². The van der Waals surface area contributed by atoms with E-state index in [1.165, 1.54) is 4.90 Å². The maximum absolute atomic E-state index is 12.7. The normalized spacial score (nSPS) is 10.5. The molecule has 0 bridgehead atoms. The Morgan fingerprint density at radius 3 is 2.83 bits per heavy atom. The third-order valence-corrected chi connectivity index (χ3v) is 4.48. The van der Waals surface area contributed by atoms with Gasteiger partial charge >= 0.3 is 5.97 Å². The number of carboxylic acid groups (broad SMARTS) is 1. The van der Waals surface area contributed by atoms with Crippen LogP contribution in [0.2, 0.25) is 0 Å². The molecule has 0 spiro atoms. The summed E-state index contributed by atoms with van der Waals surface area (Å²) < 4.78 is 4.74. The van der Waals surface area contributed by atoms with Crippen LogP contribution in [0.25, 0.3) is 0 Å². The van der Waals surface area contributed by atoms with E-state index >= 15 is 0 Å². The van der Waals surface area contributed by atoms with Crippen LogP contribution in [0.5, 0.6) is 0 Å². The topological polar surface area (TPSA) is 83.4 Å². The van der Waals surface area contributed by atoms with Crippen molar-refractivity contribution in [2.75, 3.05) is 6.54 Å². The second-order valence-corrected chi connectivity index (χ2v) is 6.57. The standard InChI is InChI=1S/C15H16BrN3O3S/c1-2-12-14(23-18-17-12)15(22)19(7-6-13(20)21)9-10-4-3-5-11(16)8-10/h3-5,8H,2,6-7,9H2,1H3,(H,20,21). The SMILES string of the molecule is CCc1nnsc1C(=O)N(CCC(=O)O)Cc1cccc(Br)c1. The molecular formula is C15H16BrN3O3S. The summed E-state index contributed by atoms with van der Waals surface area (Å²) in [6.45, 7) is 2.39. The highest BCUT2D eigenvalue weighted by molar-refractivity contribution is 9.10. The summed E-state index contributed by atoms with van der Waals surface area (Å²) in [5.74, 6) is -1.16. The molecule has 23 heavy (non-hydrogen) atoms. The molecule has 2 rings (SSSR count). The zero-order chi connectivity index (χ0) is 16.8. The number of carboxylic acids is 1. The summed E-state index contributed by atoms with van der Waals surface area (Å²) >= 11 is 4.45. The largest absolute Gasteiger partial charge is 0.481 e. The van der Waals surface area contributed by atoms with Crippen molar-refractivity contribution < 1.29 is 14.7 Å². The molecule has 6 nitrogen and oxygen atoms in total. The minimum absolute atomic E-state index is 0.104. The van der Waals surface area contributed by atoms with Crippen LogP contribution in [0.15, 0.2) is 28.7 Å². The van der Waals surface area contributed by atoms with E-state index in [0.29, 0.717) is 23.5 Å². The number of hydrogen-bond acceptors (Lipinski definition) is 5. The molecule has 0 unspecified atom stereocenters. The van der Waals surface area contributed by atoms with Crippen molar-refractivity contribution in [3.8, 4) is 0 Å². The van der Waals surface area contributed by atoms with Gasteiger partial charge in [0.2, 0.25) is 0 Å². The second kappa shape index (κ2) is 8.16. The van der Waals surface area contributed by atoms with Crippen molar-refractivity contribution in [2.24, 2.45) is 0 Å². The zero-order valence-corrected chi connectivity index (χ0v) is 14.9. The third-order valence-electron chi connectivity index (χ3n) is 3.23. The molecule has 2 aromatic rings. The van der Waals surface area contributed by atoms with Crippen LogP contribution in [-0.4, -0.2) is 38.0 Å². The molecule has 0 aliphatic rings. The first kappa shape index (κ1) is 17.6. The maximum Gasteiger partial charge on any atom is 0.305 e. The number of rotatable bonds is 7. The van der Waals surface area contributed by atoms with Gasteiger partial charge in [-0.25, -0.2) is 0 Å². The monoisotopic (exact) mass is 397 g/mol. The molecular weight excluding hydrogens is 382 g/mol. The highest BCUT2D eigenvalue weighted by atomic mass is 79.9. The lowest BCUT2D eigenvalue weighted by molar-refractivity contribution is -0.137. The van der Waals surface area contributed by atoms with Crippen LogP contribution >= 0.6 is 27.5 Å². The Labute approximate surface area is 146 Å². The minimum Gasteiger partial charge on any atom is -0.481 e. The lowest BCUT2D eigenvalue weighted by atomic mass is 10.2. The third kappa shape index (κ3) is 4.84. The van der Waals surface area contributed by atoms with Gasteiger partial charge in [0.05, 0.1) is 12.1 Å². The Bertz CT molecular complexity index is 705. The highest BCUT2D eigenvalue weighted by Gasteiger charge is 2.22. The fourth-order valence-electron chi connectivity index (χ4n) is 2.08. The van der Waals surface area contributed by atoms with E-state index in [9.17, 15) is 9.59 Å². The van der Waals surface area contributed by atoms with E-state index in [1.54, 1.807) is 0 Å². The fourth-order valence-corrected chi connectivity index (χ4v) is 3.25. The van der Waals surface area contributed by atoms with Crippen molar-refractivity contribution in [2.45, 2.75) is 26.3 Å². The first-order chi connectivity index (χ1) is 11.0. The summed E-state index contributed by atoms with van der Waals surface area (Å²) in [5, 5.41) is 12.9. The molecule has 0 aliphatic heterocycles. The molecule has 1 N–H and O–H groups in total. The van der Waals surface area contributed by atoms with Crippen molar-refractivity contribution >= 4 is 39.3 Å². The highest BCUT2D eigenvalue weighted by Crippen LogP contribution is 2.18. The molecule has 122 valence electrons. The van der Waals surface area contributed by atoms with Gasteiger partial charge in [-0.15, -0.1) is 5.10 Å². The molecule has 0 aliphatic carbocycles. The van der Waals surface area contributed by atoms with E-state index in [1.807, 2.05) is 31.2 Å². The molecule has 1 aromatic carbocycles. The van der Waals surface area contributed by atoms with E-state index in [0.717, 1.165) is 21.6 Å². The molecule has 0 fully saturated rings. The number of benzene rings is 1. The van der Waals surface area contributed by atoms with Crippen molar-refractivity contribution in [3.63, 3.8) is 0 Å². The van der Waals surface area contributed by atoms with Crippen LogP contribution in [0.4, 0.5) is 0 Å². The Balaban J connectivity index is 2.22. The number of hydrogen-bond donors (Lipinski definition) is 1. The minimum atomic E-state index is -0.935. The number of carbonyl (C=O) groups is 2. The summed E-state index contributed by atoms with van der Waals surface area (Å²) in [6, 6.07) is 7.59. The van der Waals surface area contributed by atoms with E-state index in [2.05, 4.69) is 25.5 Å². The average molecular weight is 398 g/mol. The number of amides is 1. The van der Waals surface area contributed by atoms with Crippen LogP contribution < -0.4 is 0 Å². The van der Waals surface area contributed by atoms with Gasteiger partial charge in [0.25, 0.3) is 5.91 Å². The van der Waals surface area contributed by atoms with Gasteiger partial charge in [0.15, 0.2) is 0 Å². The van der Waals surface area contributed by atoms with Crippen LogP contribution in [0, 0.1) is 0 Å². The number of aryl methyl sites for hydroxylation is 1. The molecule has 0 atom stereocenters. The van der Waals surface area contributed by atoms with Crippen LogP contribution in [0.3, 0.4) is 0 Å². The van der Waals surface area contributed by atoms with E-state index in [4.69, 9.17) is 5.11 Å². The summed E-state index contributed by atoms with van der Waals surface area (Å²) in [7, 11) is 0. The number of aromatic nitrogens is 2. The Morgan fingerprint density at radius 1 is 1.39 bits per heavy atom. The molecule has 1 heterocycles. The molecule has 0 saturated carbocycles. The fraction of sp³-hybridized carbons (Fsp3) is 0.333. The first-order valence-electron chi connectivity index (χ1n) is 7.08. The predicted molar refractivity (Wildman–Crippen MR) is 90.4 cm³/mol. The van der Waals surface area contributed by atoms with E-state index in [-0.39, 0.29) is 18.9 Å². The van der Waals surface area contributed by atoms with Gasteiger partial charge in [-0.1, -0.05) is 39.5 Å². The number of nitrogens with zero attached hydrogens (tertiary/aromatic N) is 3. The van der Waals surface area contributed by atoms with Crippen molar-refractivity contribution in [1.82, 2.24) is 14.5 Å². The van der Waals surface area contributed by atoms with Gasteiger partial charge in [-0.3, -0.25) is 9.59 Å². The average Bonchev–Trinajstić information content (AvgIpc) is 2.99. The predicted octanol–water partition coefficient (Wildman–Crippen LogP) is 2.98. The maximum atomic E-state index is 12.7. The van der Waals surface area contributed by atoms with Gasteiger partial charge in [-0.2, -0.15) is 0 Å². The van der Waals surface area contributed by atoms with Gasteiger partial charge in [-0.05, 0) is 35.6 Å². The number of halogens is 1. The molecule has 1 amide bonds. The quantitative estimate of drug-likeness (QED) is 0.775. The van der Waals surface area contributed by atoms with Gasteiger partial charge < -0.3 is 10.0 Å². The Kier molecular flexibility index (Phi) is 6.23. The lowest BCUT2D eigenvalue weighted by Gasteiger charge is -2.21. The molecule has 0 radical (unpaired) electrons. The smallest absolute Gasteiger partial charge is 0.305 e. The van der Waals surface area contributed by atoms with Crippen molar-refractivity contribution in [3.05, 3.63) is 44.9 Å². The molecule has 1 aromatic heterocycles. The summed E-state index contributed by atoms with van der Waals surface area (Å²) in [6.07, 6.45) is 0.509. The zero-order valence-electron chi connectivity index (χ0n) is 12.5. The lowest BCUT2D eigenvalue weighted by Crippen LogP contribution is -2.32. The van der Waals surface area contributed by atoms with Crippen molar-refractivity contribution in [1.29, 1.82) is 0 Å². The molecule has 0 saturated heterocycles.